The van der Waals surface area contributed by atoms with Crippen LogP contribution >= 0.6 is 11.8 Å². The van der Waals surface area contributed by atoms with Crippen LogP contribution in [-0.2, 0) is 0 Å². The van der Waals surface area contributed by atoms with Crippen molar-refractivity contribution in [2.45, 2.75) is 17.9 Å². The number of hydrogen-bond acceptors (Lipinski definition) is 4. The fourth-order valence-electron chi connectivity index (χ4n) is 1.91. The third-order valence-corrected chi connectivity index (χ3v) is 3.60. The van der Waals surface area contributed by atoms with Gasteiger partial charge in [-0.25, -0.2) is 0 Å². The molecule has 0 radical (unpaired) electrons. The Kier molecular flexibility index (Phi) is 4.22. The van der Waals surface area contributed by atoms with Crippen LogP contribution in [0.3, 0.4) is 0 Å². The lowest BCUT2D eigenvalue weighted by Crippen LogP contribution is -2.06. The van der Waals surface area contributed by atoms with Crippen LogP contribution in [-0.4, -0.2) is 16.5 Å². The molecule has 3 nitrogen and oxygen atoms in total. The molecule has 0 fully saturated rings. The Balaban J connectivity index is 2.17. The van der Waals surface area contributed by atoms with Gasteiger partial charge in [-0.3, -0.25) is 0 Å². The Hall–Kier alpha value is -1.81. The normalized spacial score (nSPS) is 12.1. The lowest BCUT2D eigenvalue weighted by molar-refractivity contribution is 0.448. The SMILES string of the molecule is CSc1cccc(NC(C)c2cc(O)cc(O)c2)c1. The molecule has 2 rings (SSSR count). The second-order valence-electron chi connectivity index (χ2n) is 4.38. The number of thioether (sulfide) groups is 1. The molecule has 0 aliphatic heterocycles. The molecule has 0 heterocycles. The molecule has 0 saturated heterocycles. The van der Waals surface area contributed by atoms with Crippen LogP contribution in [0.25, 0.3) is 0 Å². The summed E-state index contributed by atoms with van der Waals surface area (Å²) in [6.45, 7) is 1.99. The number of phenolic OH excluding ortho intramolecular Hbond substituents is 2. The van der Waals surface area contributed by atoms with Crippen molar-refractivity contribution in [2.75, 3.05) is 11.6 Å². The van der Waals surface area contributed by atoms with Crippen molar-refractivity contribution in [1.29, 1.82) is 0 Å². The van der Waals surface area contributed by atoms with Gasteiger partial charge in [0.2, 0.25) is 0 Å². The summed E-state index contributed by atoms with van der Waals surface area (Å²) >= 11 is 1.69. The number of anilines is 1. The minimum Gasteiger partial charge on any atom is -0.508 e. The summed E-state index contributed by atoms with van der Waals surface area (Å²) in [5.41, 5.74) is 1.86. The number of benzene rings is 2. The Bertz CT molecular complexity index is 552. The zero-order valence-electron chi connectivity index (χ0n) is 10.9. The van der Waals surface area contributed by atoms with E-state index in [9.17, 15) is 10.2 Å². The van der Waals surface area contributed by atoms with Crippen molar-refractivity contribution in [2.24, 2.45) is 0 Å². The molecule has 0 aliphatic carbocycles. The topological polar surface area (TPSA) is 52.5 Å². The minimum absolute atomic E-state index is 0.00453. The van der Waals surface area contributed by atoms with Crippen molar-refractivity contribution >= 4 is 17.4 Å². The number of nitrogens with one attached hydrogen (secondary N) is 1. The van der Waals surface area contributed by atoms with Gasteiger partial charge in [0.25, 0.3) is 0 Å². The van der Waals surface area contributed by atoms with Gasteiger partial charge in [0.1, 0.15) is 11.5 Å². The smallest absolute Gasteiger partial charge is 0.119 e. The molecular formula is C15H17NO2S. The van der Waals surface area contributed by atoms with Crippen LogP contribution in [0.4, 0.5) is 5.69 Å². The number of phenols is 2. The molecule has 100 valence electrons. The predicted molar refractivity (Wildman–Crippen MR) is 80.0 cm³/mol. The molecule has 0 saturated carbocycles. The second-order valence-corrected chi connectivity index (χ2v) is 5.26. The summed E-state index contributed by atoms with van der Waals surface area (Å²) in [5.74, 6) is 0.142. The highest BCUT2D eigenvalue weighted by Crippen LogP contribution is 2.28. The van der Waals surface area contributed by atoms with E-state index in [4.69, 9.17) is 0 Å². The van der Waals surface area contributed by atoms with E-state index in [1.807, 2.05) is 25.3 Å². The van der Waals surface area contributed by atoms with Crippen molar-refractivity contribution in [3.05, 3.63) is 48.0 Å². The van der Waals surface area contributed by atoms with Crippen molar-refractivity contribution < 1.29 is 10.2 Å². The van der Waals surface area contributed by atoms with E-state index in [1.54, 1.807) is 23.9 Å². The Morgan fingerprint density at radius 2 is 1.74 bits per heavy atom. The summed E-state index contributed by atoms with van der Waals surface area (Å²) in [5, 5.41) is 22.4. The lowest BCUT2D eigenvalue weighted by atomic mass is 10.1. The maximum Gasteiger partial charge on any atom is 0.119 e. The van der Waals surface area contributed by atoms with E-state index in [0.29, 0.717) is 0 Å². The lowest BCUT2D eigenvalue weighted by Gasteiger charge is -2.16. The highest BCUT2D eigenvalue weighted by molar-refractivity contribution is 7.98. The molecule has 2 aromatic rings. The van der Waals surface area contributed by atoms with Gasteiger partial charge >= 0.3 is 0 Å². The van der Waals surface area contributed by atoms with E-state index < -0.39 is 0 Å². The summed E-state index contributed by atoms with van der Waals surface area (Å²) in [6, 6.07) is 12.7. The van der Waals surface area contributed by atoms with Gasteiger partial charge in [-0.1, -0.05) is 6.07 Å². The van der Waals surface area contributed by atoms with Crippen molar-refractivity contribution in [3.8, 4) is 11.5 Å². The van der Waals surface area contributed by atoms with Gasteiger partial charge < -0.3 is 15.5 Å². The first-order valence-corrected chi connectivity index (χ1v) is 7.24. The van der Waals surface area contributed by atoms with E-state index in [-0.39, 0.29) is 17.5 Å². The first-order valence-electron chi connectivity index (χ1n) is 6.02. The van der Waals surface area contributed by atoms with Crippen molar-refractivity contribution in [1.82, 2.24) is 0 Å². The summed E-state index contributed by atoms with van der Waals surface area (Å²) in [4.78, 5) is 1.19. The van der Waals surface area contributed by atoms with Gasteiger partial charge in [-0.05, 0) is 49.1 Å². The molecule has 0 aromatic heterocycles. The first-order chi connectivity index (χ1) is 9.08. The summed E-state index contributed by atoms with van der Waals surface area (Å²) in [6.07, 6.45) is 2.04. The third kappa shape index (κ3) is 3.58. The number of aromatic hydroxyl groups is 2. The second kappa shape index (κ2) is 5.89. The summed E-state index contributed by atoms with van der Waals surface area (Å²) in [7, 11) is 0. The molecule has 0 amide bonds. The van der Waals surface area contributed by atoms with Gasteiger partial charge in [0.05, 0.1) is 0 Å². The van der Waals surface area contributed by atoms with E-state index in [0.717, 1.165) is 11.3 Å². The molecule has 1 unspecified atom stereocenters. The maximum absolute atomic E-state index is 9.50. The van der Waals surface area contributed by atoms with Crippen LogP contribution in [0.1, 0.15) is 18.5 Å². The average Bonchev–Trinajstić information content (AvgIpc) is 2.37. The average molecular weight is 275 g/mol. The molecule has 0 bridgehead atoms. The quantitative estimate of drug-likeness (QED) is 0.738. The predicted octanol–water partition coefficient (Wildman–Crippen LogP) is 3.99. The van der Waals surface area contributed by atoms with Gasteiger partial charge in [-0.15, -0.1) is 11.8 Å². The Labute approximate surface area is 117 Å². The Morgan fingerprint density at radius 3 is 2.37 bits per heavy atom. The number of hydrogen-bond donors (Lipinski definition) is 3. The molecule has 0 spiro atoms. The van der Waals surface area contributed by atoms with E-state index in [1.165, 1.54) is 11.0 Å². The maximum atomic E-state index is 9.50. The van der Waals surface area contributed by atoms with Crippen LogP contribution < -0.4 is 5.32 Å². The molecule has 19 heavy (non-hydrogen) atoms. The molecular weight excluding hydrogens is 258 g/mol. The van der Waals surface area contributed by atoms with Crippen LogP contribution in [0.15, 0.2) is 47.4 Å². The molecule has 2 aromatic carbocycles. The van der Waals surface area contributed by atoms with Gasteiger partial charge in [-0.2, -0.15) is 0 Å². The Morgan fingerprint density at radius 1 is 1.05 bits per heavy atom. The zero-order chi connectivity index (χ0) is 13.8. The number of rotatable bonds is 4. The summed E-state index contributed by atoms with van der Waals surface area (Å²) < 4.78 is 0. The van der Waals surface area contributed by atoms with Crippen molar-refractivity contribution in [3.63, 3.8) is 0 Å². The monoisotopic (exact) mass is 275 g/mol. The van der Waals surface area contributed by atoms with E-state index in [2.05, 4.69) is 17.4 Å². The molecule has 1 atom stereocenters. The molecule has 3 N–H and O–H groups in total. The third-order valence-electron chi connectivity index (χ3n) is 2.88. The van der Waals surface area contributed by atoms with Gasteiger partial charge in [0.15, 0.2) is 0 Å². The van der Waals surface area contributed by atoms with Gasteiger partial charge in [0, 0.05) is 22.7 Å². The molecule has 4 heteroatoms. The van der Waals surface area contributed by atoms with E-state index >= 15 is 0 Å². The fraction of sp³-hybridized carbons (Fsp3) is 0.200. The highest BCUT2D eigenvalue weighted by Gasteiger charge is 2.08. The first kappa shape index (κ1) is 13.6. The minimum atomic E-state index is -0.00453. The fourth-order valence-corrected chi connectivity index (χ4v) is 2.37. The van der Waals surface area contributed by atoms with Crippen LogP contribution in [0, 0.1) is 0 Å². The largest absolute Gasteiger partial charge is 0.508 e. The zero-order valence-corrected chi connectivity index (χ0v) is 11.7. The van der Waals surface area contributed by atoms with Crippen LogP contribution in [0.5, 0.6) is 11.5 Å². The highest BCUT2D eigenvalue weighted by atomic mass is 32.2. The van der Waals surface area contributed by atoms with Crippen LogP contribution in [0.2, 0.25) is 0 Å². The standard InChI is InChI=1S/C15H17NO2S/c1-10(11-6-13(17)9-14(18)7-11)16-12-4-3-5-15(8-12)19-2/h3-10,16-18H,1-2H3. The molecule has 0 aliphatic rings.